The molecule has 0 saturated heterocycles. The van der Waals surface area contributed by atoms with Gasteiger partial charge in [0.25, 0.3) is 0 Å². The number of aliphatic hydroxyl groups excluding tert-OH is 1. The molecule has 0 saturated carbocycles. The van der Waals surface area contributed by atoms with Gasteiger partial charge in [-0.1, -0.05) is 364 Å². The molecule has 19 heteroatoms. The zero-order valence-corrected chi connectivity index (χ0v) is 67.6. The first-order valence-electron chi connectivity index (χ1n) is 41.7. The lowest BCUT2D eigenvalue weighted by molar-refractivity contribution is -0.161. The van der Waals surface area contributed by atoms with Gasteiger partial charge in [0, 0.05) is 25.7 Å². The van der Waals surface area contributed by atoms with E-state index in [9.17, 15) is 43.2 Å². The van der Waals surface area contributed by atoms with Crippen molar-refractivity contribution in [2.75, 3.05) is 39.6 Å². The Morgan fingerprint density at radius 3 is 0.710 bits per heavy atom. The number of aliphatic hydroxyl groups is 1. The Balaban J connectivity index is 5.24. The largest absolute Gasteiger partial charge is 0.472 e. The van der Waals surface area contributed by atoms with E-state index in [2.05, 4.69) is 55.4 Å². The average molecular weight is 1470 g/mol. The second-order valence-corrected chi connectivity index (χ2v) is 33.7. The summed E-state index contributed by atoms with van der Waals surface area (Å²) in [5, 5.41) is 10.6. The molecular formula is C81H158O17P2. The highest BCUT2D eigenvalue weighted by Gasteiger charge is 2.30. The van der Waals surface area contributed by atoms with Crippen molar-refractivity contribution in [1.82, 2.24) is 0 Å². The number of unbranched alkanes of at least 4 members (excludes halogenated alkanes) is 43. The van der Waals surface area contributed by atoms with E-state index in [1.54, 1.807) is 0 Å². The molecule has 17 nitrogen and oxygen atoms in total. The zero-order valence-electron chi connectivity index (χ0n) is 65.8. The topological polar surface area (TPSA) is 237 Å². The summed E-state index contributed by atoms with van der Waals surface area (Å²) in [4.78, 5) is 73.0. The van der Waals surface area contributed by atoms with Gasteiger partial charge < -0.3 is 33.8 Å². The molecule has 6 atom stereocenters. The number of esters is 4. The van der Waals surface area contributed by atoms with Crippen LogP contribution in [0.25, 0.3) is 0 Å². The minimum atomic E-state index is -4.96. The molecular weight excluding hydrogens is 1310 g/mol. The summed E-state index contributed by atoms with van der Waals surface area (Å²) in [7, 11) is -9.92. The van der Waals surface area contributed by atoms with Crippen molar-refractivity contribution in [3.05, 3.63) is 0 Å². The van der Waals surface area contributed by atoms with E-state index >= 15 is 0 Å². The molecule has 0 spiro atoms. The average Bonchev–Trinajstić information content (AvgIpc) is 0.913. The van der Waals surface area contributed by atoms with E-state index < -0.39 is 97.5 Å². The predicted molar refractivity (Wildman–Crippen MR) is 409 cm³/mol. The number of phosphoric acid groups is 2. The highest BCUT2D eigenvalue weighted by atomic mass is 31.2. The highest BCUT2D eigenvalue weighted by molar-refractivity contribution is 7.47. The Morgan fingerprint density at radius 2 is 0.480 bits per heavy atom. The summed E-state index contributed by atoms with van der Waals surface area (Å²) < 4.78 is 68.7. The fraction of sp³-hybridized carbons (Fsp3) is 0.951. The number of rotatable bonds is 78. The van der Waals surface area contributed by atoms with Gasteiger partial charge in [0.2, 0.25) is 0 Å². The molecule has 0 aromatic heterocycles. The standard InChI is InChI=1S/C81H158O17P2/c1-9-74(8)60-52-44-36-28-22-15-11-13-16-23-29-37-45-53-61-78(83)91-67-76(97-81(86)64-56-48-39-31-25-19-18-21-27-34-42-50-58-72(4)5)69-95-99(87,88)93-65-75(82)66-94-100(89,90)96-70-77(68-92-79(84)62-54-46-40-32-35-43-51-59-73(6)7)98-80(85)63-55-47-38-30-24-17-12-10-14-20-26-33-41-49-57-71(2)3/h71-77,82H,9-70H2,1-8H3,(H,87,88)(H,89,90)/t74?,75?,76-,77-/m1/s1. The Morgan fingerprint density at radius 1 is 0.280 bits per heavy atom. The van der Waals surface area contributed by atoms with E-state index in [1.165, 1.54) is 212 Å². The van der Waals surface area contributed by atoms with Crippen molar-refractivity contribution < 1.29 is 80.2 Å². The summed E-state index contributed by atoms with van der Waals surface area (Å²) in [6, 6.07) is 0. The van der Waals surface area contributed by atoms with Gasteiger partial charge in [-0.05, 0) is 49.4 Å². The molecule has 0 aliphatic heterocycles. The first kappa shape index (κ1) is 98.1. The van der Waals surface area contributed by atoms with Crippen LogP contribution >= 0.6 is 15.6 Å². The minimum Gasteiger partial charge on any atom is -0.462 e. The lowest BCUT2D eigenvalue weighted by atomic mass is 9.99. The van der Waals surface area contributed by atoms with Gasteiger partial charge in [-0.3, -0.25) is 37.3 Å². The fourth-order valence-electron chi connectivity index (χ4n) is 12.4. The molecule has 4 unspecified atom stereocenters. The maximum Gasteiger partial charge on any atom is 0.472 e. The number of ether oxygens (including phenoxy) is 4. The monoisotopic (exact) mass is 1470 g/mol. The third-order valence-corrected chi connectivity index (χ3v) is 21.1. The molecule has 0 radical (unpaired) electrons. The Bertz CT molecular complexity index is 1960. The van der Waals surface area contributed by atoms with Crippen molar-refractivity contribution in [2.24, 2.45) is 23.7 Å². The Kier molecular flexibility index (Phi) is 68.7. The minimum absolute atomic E-state index is 0.106. The van der Waals surface area contributed by atoms with E-state index in [4.69, 9.17) is 37.0 Å². The van der Waals surface area contributed by atoms with Crippen molar-refractivity contribution in [3.63, 3.8) is 0 Å². The van der Waals surface area contributed by atoms with Gasteiger partial charge >= 0.3 is 39.5 Å². The maximum atomic E-state index is 13.1. The lowest BCUT2D eigenvalue weighted by Crippen LogP contribution is -2.30. The van der Waals surface area contributed by atoms with Crippen molar-refractivity contribution in [3.8, 4) is 0 Å². The van der Waals surface area contributed by atoms with Crippen LogP contribution < -0.4 is 0 Å². The molecule has 0 amide bonds. The SMILES string of the molecule is CCC(C)CCCCCCCCCCCCCCCCC(=O)OC[C@H](COP(=O)(O)OCC(O)COP(=O)(O)OC[C@@H](COC(=O)CCCCCCCCCC(C)C)OC(=O)CCCCCCCCCCCCCCCCC(C)C)OC(=O)CCCCCCCCCCCCCCC(C)C. The third-order valence-electron chi connectivity index (χ3n) is 19.2. The molecule has 0 aliphatic rings. The van der Waals surface area contributed by atoms with Crippen molar-refractivity contribution in [2.45, 2.75) is 433 Å². The fourth-order valence-corrected chi connectivity index (χ4v) is 14.0. The van der Waals surface area contributed by atoms with Gasteiger partial charge in [-0.15, -0.1) is 0 Å². The highest BCUT2D eigenvalue weighted by Crippen LogP contribution is 2.45. The Hall–Kier alpha value is -1.94. The predicted octanol–water partition coefficient (Wildman–Crippen LogP) is 24.0. The van der Waals surface area contributed by atoms with Gasteiger partial charge in [-0.25, -0.2) is 9.13 Å². The molecule has 0 aromatic rings. The van der Waals surface area contributed by atoms with Gasteiger partial charge in [0.1, 0.15) is 19.3 Å². The van der Waals surface area contributed by atoms with E-state index in [0.29, 0.717) is 31.6 Å². The molecule has 0 fully saturated rings. The van der Waals surface area contributed by atoms with E-state index in [1.807, 2.05) is 0 Å². The molecule has 0 aliphatic carbocycles. The summed E-state index contributed by atoms with van der Waals surface area (Å²) in [5.74, 6) is 1.01. The lowest BCUT2D eigenvalue weighted by Gasteiger charge is -2.21. The summed E-state index contributed by atoms with van der Waals surface area (Å²) >= 11 is 0. The van der Waals surface area contributed by atoms with Gasteiger partial charge in [0.15, 0.2) is 12.2 Å². The normalized spacial score (nSPS) is 14.3. The van der Waals surface area contributed by atoms with Gasteiger partial charge in [-0.2, -0.15) is 0 Å². The summed E-state index contributed by atoms with van der Waals surface area (Å²) in [5.41, 5.74) is 0. The number of carbonyl (C=O) groups excluding carboxylic acids is 4. The van der Waals surface area contributed by atoms with Crippen LogP contribution in [-0.2, 0) is 65.4 Å². The molecule has 594 valence electrons. The second kappa shape index (κ2) is 70.1. The quantitative estimate of drug-likeness (QED) is 0.0222. The number of hydrogen-bond acceptors (Lipinski definition) is 15. The third kappa shape index (κ3) is 73.0. The van der Waals surface area contributed by atoms with Crippen molar-refractivity contribution in [1.29, 1.82) is 0 Å². The molecule has 3 N–H and O–H groups in total. The summed E-state index contributed by atoms with van der Waals surface area (Å²) in [6.45, 7) is 14.3. The molecule has 100 heavy (non-hydrogen) atoms. The van der Waals surface area contributed by atoms with Gasteiger partial charge in [0.05, 0.1) is 26.4 Å². The van der Waals surface area contributed by atoms with Crippen LogP contribution in [0, 0.1) is 23.7 Å². The van der Waals surface area contributed by atoms with Crippen LogP contribution in [0.1, 0.15) is 415 Å². The van der Waals surface area contributed by atoms with Crippen LogP contribution in [0.4, 0.5) is 0 Å². The van der Waals surface area contributed by atoms with Crippen molar-refractivity contribution >= 4 is 39.5 Å². The van der Waals surface area contributed by atoms with Crippen LogP contribution in [-0.4, -0.2) is 96.7 Å². The molecule has 0 bridgehead atoms. The molecule has 0 heterocycles. The maximum absolute atomic E-state index is 13.1. The Labute approximate surface area is 613 Å². The zero-order chi connectivity index (χ0) is 73.8. The first-order valence-corrected chi connectivity index (χ1v) is 44.7. The molecule has 0 aromatic carbocycles. The number of phosphoric ester groups is 2. The first-order chi connectivity index (χ1) is 48.1. The van der Waals surface area contributed by atoms with Crippen LogP contribution in [0.15, 0.2) is 0 Å². The van der Waals surface area contributed by atoms with Crippen LogP contribution in [0.3, 0.4) is 0 Å². The number of hydrogen-bond donors (Lipinski definition) is 3. The van der Waals surface area contributed by atoms with Crippen LogP contribution in [0.5, 0.6) is 0 Å². The molecule has 0 rings (SSSR count). The van der Waals surface area contributed by atoms with E-state index in [0.717, 1.165) is 114 Å². The second-order valence-electron chi connectivity index (χ2n) is 30.8. The number of carbonyl (C=O) groups is 4. The summed E-state index contributed by atoms with van der Waals surface area (Å²) in [6.07, 6.45) is 56.9. The van der Waals surface area contributed by atoms with E-state index in [-0.39, 0.29) is 25.7 Å². The van der Waals surface area contributed by atoms with Crippen LogP contribution in [0.2, 0.25) is 0 Å². The smallest absolute Gasteiger partial charge is 0.462 e.